The van der Waals surface area contributed by atoms with Crippen LogP contribution in [0.3, 0.4) is 0 Å². The Morgan fingerprint density at radius 3 is 2.56 bits per heavy atom. The second-order valence-electron chi connectivity index (χ2n) is 5.82. The lowest BCUT2D eigenvalue weighted by atomic mass is 9.90. The van der Waals surface area contributed by atoms with Crippen molar-refractivity contribution in [3.63, 3.8) is 0 Å². The van der Waals surface area contributed by atoms with E-state index in [9.17, 15) is 4.39 Å². The Hall–Kier alpha value is -2.45. The average molecular weight is 355 g/mol. The SMILES string of the molecule is C/C=C1\C(=N)CCc2c1sc(N)c2C#N.CCCc1ccc(F)cc1. The second-order valence-corrected chi connectivity index (χ2v) is 6.87. The molecule has 0 bridgehead atoms. The third-order valence-corrected chi connectivity index (χ3v) is 5.18. The molecule has 130 valence electrons. The van der Waals surface area contributed by atoms with Crippen LogP contribution in [0.15, 0.2) is 30.3 Å². The molecule has 0 saturated heterocycles. The molecule has 0 radical (unpaired) electrons. The fourth-order valence-corrected chi connectivity index (χ4v) is 4.00. The van der Waals surface area contributed by atoms with Gasteiger partial charge in [0.25, 0.3) is 0 Å². The van der Waals surface area contributed by atoms with Crippen LogP contribution in [0.1, 0.15) is 48.3 Å². The highest BCUT2D eigenvalue weighted by Gasteiger charge is 2.25. The summed E-state index contributed by atoms with van der Waals surface area (Å²) in [5.41, 5.74) is 10.2. The van der Waals surface area contributed by atoms with Gasteiger partial charge in [-0.1, -0.05) is 31.6 Å². The Morgan fingerprint density at radius 1 is 1.32 bits per heavy atom. The zero-order chi connectivity index (χ0) is 18.4. The van der Waals surface area contributed by atoms with Crippen molar-refractivity contribution in [3.8, 4) is 6.07 Å². The van der Waals surface area contributed by atoms with E-state index < -0.39 is 0 Å². The number of nitrogens with one attached hydrogen (secondary N) is 1. The molecule has 0 saturated carbocycles. The first-order valence-electron chi connectivity index (χ1n) is 8.31. The van der Waals surface area contributed by atoms with Gasteiger partial charge in [-0.2, -0.15) is 5.26 Å². The maximum Gasteiger partial charge on any atom is 0.123 e. The second kappa shape index (κ2) is 8.59. The van der Waals surface area contributed by atoms with Crippen LogP contribution in [0.5, 0.6) is 0 Å². The minimum absolute atomic E-state index is 0.153. The highest BCUT2D eigenvalue weighted by Crippen LogP contribution is 2.40. The van der Waals surface area contributed by atoms with Crippen LogP contribution < -0.4 is 5.73 Å². The molecule has 0 aliphatic heterocycles. The molecule has 0 spiro atoms. The summed E-state index contributed by atoms with van der Waals surface area (Å²) in [4.78, 5) is 1.02. The molecular weight excluding hydrogens is 333 g/mol. The first-order chi connectivity index (χ1) is 12.0. The van der Waals surface area contributed by atoms with Crippen LogP contribution in [0.4, 0.5) is 9.39 Å². The molecule has 0 unspecified atom stereocenters. The topological polar surface area (TPSA) is 73.7 Å². The van der Waals surface area contributed by atoms with E-state index in [1.165, 1.54) is 29.0 Å². The van der Waals surface area contributed by atoms with Gasteiger partial charge in [0, 0.05) is 16.2 Å². The van der Waals surface area contributed by atoms with Gasteiger partial charge in [0.2, 0.25) is 0 Å². The van der Waals surface area contributed by atoms with E-state index in [1.807, 2.05) is 25.1 Å². The Bertz CT molecular complexity index is 826. The molecule has 0 fully saturated rings. The predicted octanol–water partition coefficient (Wildman–Crippen LogP) is 5.35. The number of rotatable bonds is 2. The summed E-state index contributed by atoms with van der Waals surface area (Å²) in [5.74, 6) is -0.153. The van der Waals surface area contributed by atoms with E-state index in [2.05, 4.69) is 13.0 Å². The largest absolute Gasteiger partial charge is 0.389 e. The first-order valence-corrected chi connectivity index (χ1v) is 9.13. The molecule has 1 heterocycles. The molecule has 3 nitrogen and oxygen atoms in total. The quantitative estimate of drug-likeness (QED) is 0.762. The lowest BCUT2D eigenvalue weighted by Crippen LogP contribution is -2.10. The van der Waals surface area contributed by atoms with E-state index in [1.54, 1.807) is 0 Å². The molecule has 3 rings (SSSR count). The highest BCUT2D eigenvalue weighted by molar-refractivity contribution is 7.17. The van der Waals surface area contributed by atoms with Crippen LogP contribution in [-0.2, 0) is 12.8 Å². The number of nitriles is 1. The van der Waals surface area contributed by atoms with Crippen molar-refractivity contribution in [1.29, 1.82) is 10.7 Å². The summed E-state index contributed by atoms with van der Waals surface area (Å²) in [7, 11) is 0. The van der Waals surface area contributed by atoms with Crippen LogP contribution >= 0.6 is 11.3 Å². The van der Waals surface area contributed by atoms with Crippen molar-refractivity contribution in [3.05, 3.63) is 57.7 Å². The maximum atomic E-state index is 12.3. The minimum Gasteiger partial charge on any atom is -0.389 e. The zero-order valence-corrected chi connectivity index (χ0v) is 15.3. The number of fused-ring (bicyclic) bond motifs is 1. The molecule has 2 aromatic rings. The van der Waals surface area contributed by atoms with Crippen molar-refractivity contribution in [2.24, 2.45) is 0 Å². The molecule has 5 heteroatoms. The summed E-state index contributed by atoms with van der Waals surface area (Å²) in [6.07, 6.45) is 5.56. The van der Waals surface area contributed by atoms with Crippen LogP contribution in [0.25, 0.3) is 5.57 Å². The van der Waals surface area contributed by atoms with Crippen molar-refractivity contribution in [1.82, 2.24) is 0 Å². The van der Waals surface area contributed by atoms with Gasteiger partial charge in [-0.05, 0) is 49.4 Å². The summed E-state index contributed by atoms with van der Waals surface area (Å²) in [6.45, 7) is 4.03. The summed E-state index contributed by atoms with van der Waals surface area (Å²) in [6, 6.07) is 8.82. The molecule has 1 aromatic heterocycles. The number of anilines is 1. The fraction of sp³-hybridized carbons (Fsp3) is 0.300. The van der Waals surface area contributed by atoms with E-state index >= 15 is 0 Å². The molecule has 3 N–H and O–H groups in total. The van der Waals surface area contributed by atoms with Gasteiger partial charge in [0.05, 0.1) is 5.56 Å². The number of hydrogen-bond acceptors (Lipinski definition) is 4. The Kier molecular flexibility index (Phi) is 6.49. The molecule has 0 amide bonds. The summed E-state index contributed by atoms with van der Waals surface area (Å²) in [5, 5.41) is 17.4. The van der Waals surface area contributed by atoms with Crippen molar-refractivity contribution >= 4 is 27.6 Å². The number of benzene rings is 1. The maximum absolute atomic E-state index is 12.3. The lowest BCUT2D eigenvalue weighted by Gasteiger charge is -2.15. The lowest BCUT2D eigenvalue weighted by molar-refractivity contribution is 0.627. The van der Waals surface area contributed by atoms with Crippen LogP contribution in [0, 0.1) is 22.6 Å². The monoisotopic (exact) mass is 355 g/mol. The van der Waals surface area contributed by atoms with Gasteiger partial charge < -0.3 is 11.1 Å². The Balaban J connectivity index is 0.000000196. The minimum atomic E-state index is -0.153. The molecule has 1 aromatic carbocycles. The van der Waals surface area contributed by atoms with Crippen LogP contribution in [0.2, 0.25) is 0 Å². The van der Waals surface area contributed by atoms with Crippen LogP contribution in [-0.4, -0.2) is 5.71 Å². The predicted molar refractivity (Wildman–Crippen MR) is 104 cm³/mol. The van der Waals surface area contributed by atoms with Crippen molar-refractivity contribution in [2.45, 2.75) is 39.5 Å². The smallest absolute Gasteiger partial charge is 0.123 e. The van der Waals surface area contributed by atoms with Gasteiger partial charge in [-0.25, -0.2) is 4.39 Å². The molecule has 0 atom stereocenters. The van der Waals surface area contributed by atoms with E-state index in [0.717, 1.165) is 35.3 Å². The number of halogens is 1. The highest BCUT2D eigenvalue weighted by atomic mass is 32.1. The van der Waals surface area contributed by atoms with Gasteiger partial charge in [-0.15, -0.1) is 11.3 Å². The normalized spacial score (nSPS) is 14.5. The summed E-state index contributed by atoms with van der Waals surface area (Å²) < 4.78 is 12.3. The van der Waals surface area contributed by atoms with Crippen molar-refractivity contribution < 1.29 is 4.39 Å². The summed E-state index contributed by atoms with van der Waals surface area (Å²) >= 11 is 1.42. The Morgan fingerprint density at radius 2 is 2.00 bits per heavy atom. The number of hydrogen-bond donors (Lipinski definition) is 2. The zero-order valence-electron chi connectivity index (χ0n) is 14.5. The third kappa shape index (κ3) is 4.34. The first kappa shape index (κ1) is 18.9. The van der Waals surface area contributed by atoms with E-state index in [4.69, 9.17) is 16.4 Å². The third-order valence-electron chi connectivity index (χ3n) is 4.08. The van der Waals surface area contributed by atoms with Gasteiger partial charge in [-0.3, -0.25) is 0 Å². The van der Waals surface area contributed by atoms with E-state index in [-0.39, 0.29) is 5.82 Å². The fourth-order valence-electron chi connectivity index (χ4n) is 2.83. The van der Waals surface area contributed by atoms with Gasteiger partial charge in [0.15, 0.2) is 0 Å². The molecule has 25 heavy (non-hydrogen) atoms. The molecule has 1 aliphatic carbocycles. The number of thiophene rings is 1. The van der Waals surface area contributed by atoms with Gasteiger partial charge >= 0.3 is 0 Å². The Labute approximate surface area is 152 Å². The number of nitrogens with zero attached hydrogens (tertiary/aromatic N) is 1. The number of nitrogens with two attached hydrogens (primary N) is 1. The van der Waals surface area contributed by atoms with E-state index in [0.29, 0.717) is 22.7 Å². The number of nitrogen functional groups attached to an aromatic ring is 1. The van der Waals surface area contributed by atoms with Gasteiger partial charge in [0.1, 0.15) is 16.9 Å². The number of aryl methyl sites for hydroxylation is 1. The average Bonchev–Trinajstić information content (AvgIpc) is 2.93. The van der Waals surface area contributed by atoms with Crippen molar-refractivity contribution in [2.75, 3.05) is 5.73 Å². The molecular formula is C20H22FN3S. The standard InChI is InChI=1S/C11H11N3S.C9H11F/c1-2-6-9(13)4-3-7-8(5-12)11(14)15-10(6)7;1-2-3-8-4-6-9(10)7-5-8/h2,13H,3-4,14H2,1H3;4-7H,2-3H2,1H3/b6-2+,13-9?;. The molecule has 1 aliphatic rings. The number of allylic oxidation sites excluding steroid dienone is 2.